The van der Waals surface area contributed by atoms with Gasteiger partial charge in [0.05, 0.1) is 18.6 Å². The second-order valence-electron chi connectivity index (χ2n) is 8.02. The average molecular weight is 413 g/mol. The molecule has 5 nitrogen and oxygen atoms in total. The van der Waals surface area contributed by atoms with Crippen LogP contribution in [-0.4, -0.2) is 54.3 Å². The van der Waals surface area contributed by atoms with Crippen molar-refractivity contribution in [2.75, 3.05) is 26.7 Å². The number of benzene rings is 1. The molecule has 1 aromatic rings. The number of nitrogens with zero attached hydrogens (tertiary/aromatic N) is 2. The van der Waals surface area contributed by atoms with Crippen molar-refractivity contribution in [1.82, 2.24) is 15.1 Å². The number of piperidine rings is 1. The van der Waals surface area contributed by atoms with E-state index in [1.807, 2.05) is 17.2 Å². The van der Waals surface area contributed by atoms with Crippen LogP contribution in [0.5, 0.6) is 5.75 Å². The molecule has 0 radical (unpaired) electrons. The van der Waals surface area contributed by atoms with Gasteiger partial charge in [0.2, 0.25) is 0 Å². The van der Waals surface area contributed by atoms with E-state index in [1.54, 1.807) is 12.1 Å². The average Bonchev–Trinajstić information content (AvgIpc) is 3.17. The molecule has 0 spiro atoms. The monoisotopic (exact) mass is 413 g/mol. The van der Waals surface area contributed by atoms with Crippen molar-refractivity contribution < 1.29 is 13.9 Å². The Kier molecular flexibility index (Phi) is 4.92. The molecule has 4 aliphatic heterocycles. The molecule has 152 valence electrons. The second-order valence-corrected chi connectivity index (χ2v) is 9.44. The first-order valence-corrected chi connectivity index (χ1v) is 11.2. The topological polar surface area (TPSA) is 44.8 Å². The van der Waals surface area contributed by atoms with Gasteiger partial charge in [-0.3, -0.25) is 4.79 Å². The summed E-state index contributed by atoms with van der Waals surface area (Å²) in [6.45, 7) is 3.16. The van der Waals surface area contributed by atoms with Gasteiger partial charge in [0.15, 0.2) is 11.6 Å². The molecular weight excluding hydrogens is 388 g/mol. The number of likely N-dealkylation sites (tertiary alicyclic amines) is 1. The van der Waals surface area contributed by atoms with Crippen LogP contribution in [0.15, 0.2) is 48.3 Å². The number of ether oxygens (including phenoxy) is 1. The van der Waals surface area contributed by atoms with Gasteiger partial charge >= 0.3 is 0 Å². The van der Waals surface area contributed by atoms with Gasteiger partial charge in [0.25, 0.3) is 5.91 Å². The zero-order valence-corrected chi connectivity index (χ0v) is 17.4. The van der Waals surface area contributed by atoms with Crippen molar-refractivity contribution in [3.63, 3.8) is 0 Å². The molecule has 1 N–H and O–H groups in total. The number of amides is 1. The third-order valence-electron chi connectivity index (χ3n) is 6.27. The third kappa shape index (κ3) is 3.49. The molecule has 1 amide bonds. The highest BCUT2D eigenvalue weighted by atomic mass is 31.1. The molecule has 0 saturated carbocycles. The molecule has 2 saturated heterocycles. The molecule has 4 aliphatic rings. The molecule has 0 aliphatic carbocycles. The lowest BCUT2D eigenvalue weighted by atomic mass is 9.94. The summed E-state index contributed by atoms with van der Waals surface area (Å²) >= 11 is 0. The number of fused-ring (bicyclic) bond motifs is 2. The Labute approximate surface area is 172 Å². The molecule has 2 fully saturated rings. The summed E-state index contributed by atoms with van der Waals surface area (Å²) in [5, 5.41) is 4.52. The van der Waals surface area contributed by atoms with Gasteiger partial charge in [-0.1, -0.05) is 20.7 Å². The van der Waals surface area contributed by atoms with Crippen molar-refractivity contribution >= 4 is 19.8 Å². The molecule has 4 heterocycles. The van der Waals surface area contributed by atoms with Crippen LogP contribution < -0.4 is 10.1 Å². The van der Waals surface area contributed by atoms with Crippen molar-refractivity contribution in [3.05, 3.63) is 59.7 Å². The summed E-state index contributed by atoms with van der Waals surface area (Å²) in [5.74, 6) is 0.463. The Bertz CT molecular complexity index is 915. The van der Waals surface area contributed by atoms with E-state index in [-0.39, 0.29) is 17.4 Å². The Morgan fingerprint density at radius 2 is 2.21 bits per heavy atom. The SMILES string of the molecule is COc1ccc(C2=CC(=O)N3C=C(N4C[C@H]5CCCN[C@H]5C4)C=CC3P2)cc1F. The number of hydrogen-bond acceptors (Lipinski definition) is 4. The highest BCUT2D eigenvalue weighted by Crippen LogP contribution is 2.45. The van der Waals surface area contributed by atoms with E-state index in [2.05, 4.69) is 22.4 Å². The van der Waals surface area contributed by atoms with Gasteiger partial charge in [0.1, 0.15) is 0 Å². The van der Waals surface area contributed by atoms with Crippen LogP contribution in [0.1, 0.15) is 18.4 Å². The number of rotatable bonds is 3. The van der Waals surface area contributed by atoms with Crippen LogP contribution in [0.25, 0.3) is 5.31 Å². The number of carbonyl (C=O) groups is 1. The van der Waals surface area contributed by atoms with Gasteiger partial charge in [-0.2, -0.15) is 0 Å². The molecule has 0 aromatic heterocycles. The molecule has 0 bridgehead atoms. The lowest BCUT2D eigenvalue weighted by Gasteiger charge is -2.35. The zero-order valence-electron chi connectivity index (χ0n) is 16.4. The maximum absolute atomic E-state index is 14.1. The first-order valence-electron chi connectivity index (χ1n) is 10.1. The van der Waals surface area contributed by atoms with Crippen LogP contribution >= 0.6 is 8.58 Å². The molecular formula is C22H25FN3O2P. The predicted octanol–water partition coefficient (Wildman–Crippen LogP) is 3.12. The standard InChI is InChI=1S/C22H25FN3O2P/c1-28-19-6-4-14(9-17(19)23)20-10-21(27)26-12-16(5-7-22(26)29-20)25-11-15-3-2-8-24-18(15)13-25/h4-7,9-10,12,15,18,22,24,29H,2-3,8,11,13H2,1H3/t15-,18+,22?/m1/s1. The number of nitrogens with one attached hydrogen (secondary N) is 1. The second kappa shape index (κ2) is 7.58. The maximum atomic E-state index is 14.1. The minimum atomic E-state index is -0.406. The van der Waals surface area contributed by atoms with Gasteiger partial charge in [-0.05, 0) is 54.4 Å². The molecule has 5 rings (SSSR count). The lowest BCUT2D eigenvalue weighted by Crippen LogP contribution is -2.41. The van der Waals surface area contributed by atoms with E-state index in [4.69, 9.17) is 4.74 Å². The highest BCUT2D eigenvalue weighted by Gasteiger charge is 2.36. The zero-order chi connectivity index (χ0) is 20.0. The fourth-order valence-corrected chi connectivity index (χ4v) is 6.09. The molecule has 29 heavy (non-hydrogen) atoms. The number of methoxy groups -OCH3 is 1. The van der Waals surface area contributed by atoms with Crippen LogP contribution in [0.3, 0.4) is 0 Å². The van der Waals surface area contributed by atoms with Gasteiger partial charge < -0.3 is 19.9 Å². The van der Waals surface area contributed by atoms with Crippen molar-refractivity contribution in [2.45, 2.75) is 24.7 Å². The summed E-state index contributed by atoms with van der Waals surface area (Å²) in [6, 6.07) is 5.44. The number of allylic oxidation sites excluding steroid dienone is 1. The van der Waals surface area contributed by atoms with E-state index < -0.39 is 5.82 Å². The van der Waals surface area contributed by atoms with Gasteiger partial charge in [0, 0.05) is 31.4 Å². The molecule has 4 atom stereocenters. The summed E-state index contributed by atoms with van der Waals surface area (Å²) in [4.78, 5) is 17.1. The molecule has 2 unspecified atom stereocenters. The first kappa shape index (κ1) is 18.8. The van der Waals surface area contributed by atoms with Crippen molar-refractivity contribution in [3.8, 4) is 5.75 Å². The Morgan fingerprint density at radius 3 is 3.00 bits per heavy atom. The Morgan fingerprint density at radius 1 is 1.31 bits per heavy atom. The summed E-state index contributed by atoms with van der Waals surface area (Å²) in [6.07, 6.45) is 10.4. The first-order chi connectivity index (χ1) is 14.1. The normalized spacial score (nSPS) is 29.4. The van der Waals surface area contributed by atoms with E-state index in [0.717, 1.165) is 36.2 Å². The highest BCUT2D eigenvalue weighted by molar-refractivity contribution is 7.51. The minimum Gasteiger partial charge on any atom is -0.494 e. The van der Waals surface area contributed by atoms with Gasteiger partial charge in [-0.15, -0.1) is 0 Å². The smallest absolute Gasteiger partial charge is 0.252 e. The van der Waals surface area contributed by atoms with Crippen molar-refractivity contribution in [1.29, 1.82) is 0 Å². The third-order valence-corrected chi connectivity index (χ3v) is 7.78. The van der Waals surface area contributed by atoms with Crippen molar-refractivity contribution in [2.24, 2.45) is 5.92 Å². The van der Waals surface area contributed by atoms with Crippen LogP contribution in [0, 0.1) is 11.7 Å². The quantitative estimate of drug-likeness (QED) is 0.774. The Balaban J connectivity index is 1.35. The summed E-state index contributed by atoms with van der Waals surface area (Å²) in [7, 11) is 1.82. The minimum absolute atomic E-state index is 0.000538. The van der Waals surface area contributed by atoms with Crippen LogP contribution in [0.2, 0.25) is 0 Å². The van der Waals surface area contributed by atoms with Gasteiger partial charge in [-0.25, -0.2) is 4.39 Å². The predicted molar refractivity (Wildman–Crippen MR) is 113 cm³/mol. The number of halogens is 1. The van der Waals surface area contributed by atoms with E-state index >= 15 is 0 Å². The lowest BCUT2D eigenvalue weighted by molar-refractivity contribution is -0.123. The van der Waals surface area contributed by atoms with E-state index in [0.29, 0.717) is 20.5 Å². The van der Waals surface area contributed by atoms with E-state index in [1.165, 1.54) is 26.0 Å². The fourth-order valence-electron chi connectivity index (χ4n) is 4.71. The van der Waals surface area contributed by atoms with Crippen LogP contribution in [0.4, 0.5) is 4.39 Å². The summed E-state index contributed by atoms with van der Waals surface area (Å²) < 4.78 is 19.1. The van der Waals surface area contributed by atoms with E-state index in [9.17, 15) is 9.18 Å². The summed E-state index contributed by atoms with van der Waals surface area (Å²) in [5.41, 5.74) is 1.86. The largest absolute Gasteiger partial charge is 0.494 e. The Hall–Kier alpha value is -2.17. The number of carbonyl (C=O) groups excluding carboxylic acids is 1. The maximum Gasteiger partial charge on any atom is 0.252 e. The molecule has 1 aromatic carbocycles. The van der Waals surface area contributed by atoms with Crippen LogP contribution in [-0.2, 0) is 4.79 Å². The number of hydrogen-bond donors (Lipinski definition) is 1. The fraction of sp³-hybridized carbons (Fsp3) is 0.409. The molecule has 7 heteroatoms.